The maximum absolute atomic E-state index is 4.00. The number of rotatable bonds is 1. The third-order valence-corrected chi connectivity index (χ3v) is 1.46. The molecule has 0 aliphatic rings. The molecule has 6 heteroatoms. The molecule has 0 spiro atoms. The smallest absolute Gasteiger partial charge is 0.182 e. The SMILES string of the molecule is CNc1ncnc2nc[nH]c12.[Ba]. The molecular formula is C6H7BaN5. The molecule has 0 atom stereocenters. The summed E-state index contributed by atoms with van der Waals surface area (Å²) in [6, 6.07) is 0. The van der Waals surface area contributed by atoms with Gasteiger partial charge >= 0.3 is 0 Å². The molecule has 2 N–H and O–H groups in total. The van der Waals surface area contributed by atoms with E-state index in [1.54, 1.807) is 6.33 Å². The fraction of sp³-hybridized carbons (Fsp3) is 0.167. The van der Waals surface area contributed by atoms with Gasteiger partial charge in [-0.05, 0) is 0 Å². The Labute approximate surface area is 109 Å². The molecule has 2 heterocycles. The molecule has 0 aliphatic heterocycles. The summed E-state index contributed by atoms with van der Waals surface area (Å²) in [4.78, 5) is 14.9. The van der Waals surface area contributed by atoms with Crippen LogP contribution in [0.25, 0.3) is 11.2 Å². The summed E-state index contributed by atoms with van der Waals surface area (Å²) in [5.74, 6) is 0.771. The Balaban J connectivity index is 0.000000720. The van der Waals surface area contributed by atoms with Gasteiger partial charge in [0.2, 0.25) is 0 Å². The van der Waals surface area contributed by atoms with Crippen LogP contribution in [-0.2, 0) is 0 Å². The Morgan fingerprint density at radius 3 is 2.92 bits per heavy atom. The molecule has 2 radical (unpaired) electrons. The van der Waals surface area contributed by atoms with Crippen molar-refractivity contribution in [1.82, 2.24) is 19.9 Å². The van der Waals surface area contributed by atoms with Crippen molar-refractivity contribution < 1.29 is 0 Å². The number of hydrogen-bond acceptors (Lipinski definition) is 4. The summed E-state index contributed by atoms with van der Waals surface area (Å²) in [7, 11) is 1.81. The van der Waals surface area contributed by atoms with Crippen molar-refractivity contribution in [1.29, 1.82) is 0 Å². The zero-order chi connectivity index (χ0) is 7.68. The number of fused-ring (bicyclic) bond motifs is 1. The number of H-pyrrole nitrogens is 1. The largest absolute Gasteiger partial charge is 0.371 e. The summed E-state index contributed by atoms with van der Waals surface area (Å²) in [5.41, 5.74) is 1.53. The van der Waals surface area contributed by atoms with Gasteiger partial charge in [-0.2, -0.15) is 0 Å². The summed E-state index contributed by atoms with van der Waals surface area (Å²) in [5, 5.41) is 2.93. The fourth-order valence-corrected chi connectivity index (χ4v) is 0.955. The molecule has 0 aliphatic carbocycles. The first-order valence-electron chi connectivity index (χ1n) is 3.23. The first-order valence-corrected chi connectivity index (χ1v) is 3.23. The van der Waals surface area contributed by atoms with E-state index in [9.17, 15) is 0 Å². The van der Waals surface area contributed by atoms with Gasteiger partial charge in [0.25, 0.3) is 0 Å². The normalized spacial score (nSPS) is 9.42. The van der Waals surface area contributed by atoms with Crippen LogP contribution in [0, 0.1) is 0 Å². The molecule has 12 heavy (non-hydrogen) atoms. The van der Waals surface area contributed by atoms with E-state index in [0.29, 0.717) is 5.65 Å². The fourth-order valence-electron chi connectivity index (χ4n) is 0.955. The predicted molar refractivity (Wildman–Crippen MR) is 47.0 cm³/mol. The van der Waals surface area contributed by atoms with Gasteiger partial charge < -0.3 is 10.3 Å². The number of aromatic nitrogens is 4. The maximum Gasteiger partial charge on any atom is 0.182 e. The van der Waals surface area contributed by atoms with E-state index < -0.39 is 0 Å². The minimum absolute atomic E-state index is 0. The van der Waals surface area contributed by atoms with Gasteiger partial charge in [-0.1, -0.05) is 0 Å². The molecule has 2 aromatic heterocycles. The molecule has 0 fully saturated rings. The molecule has 2 rings (SSSR count). The first-order chi connectivity index (χ1) is 5.42. The second-order valence-corrected chi connectivity index (χ2v) is 2.07. The standard InChI is InChI=1S/C6H7N5.Ba/c1-7-5-4-6(10-2-8-4)11-3-9-5;/h2-3H,1H3,(H2,7,8,9,10,11);. The Kier molecular flexibility index (Phi) is 3.54. The Morgan fingerprint density at radius 1 is 1.33 bits per heavy atom. The Bertz CT molecular complexity index is 371. The van der Waals surface area contributed by atoms with Crippen molar-refractivity contribution in [3.8, 4) is 0 Å². The summed E-state index contributed by atoms with van der Waals surface area (Å²) in [6.07, 6.45) is 3.08. The van der Waals surface area contributed by atoms with Crippen LogP contribution >= 0.6 is 0 Å². The number of imidazole rings is 1. The summed E-state index contributed by atoms with van der Waals surface area (Å²) in [6.45, 7) is 0. The minimum Gasteiger partial charge on any atom is -0.371 e. The van der Waals surface area contributed by atoms with Crippen LogP contribution in [0.3, 0.4) is 0 Å². The molecule has 5 nitrogen and oxygen atoms in total. The van der Waals surface area contributed by atoms with Crippen molar-refractivity contribution in [3.05, 3.63) is 12.7 Å². The van der Waals surface area contributed by atoms with E-state index >= 15 is 0 Å². The van der Waals surface area contributed by atoms with Crippen LogP contribution in [0.1, 0.15) is 0 Å². The number of aromatic amines is 1. The van der Waals surface area contributed by atoms with Gasteiger partial charge in [0.1, 0.15) is 11.8 Å². The van der Waals surface area contributed by atoms with Crippen molar-refractivity contribution in [2.45, 2.75) is 0 Å². The molecule has 0 bridgehead atoms. The van der Waals surface area contributed by atoms with E-state index in [1.807, 2.05) is 7.05 Å². The van der Waals surface area contributed by atoms with E-state index in [0.717, 1.165) is 11.3 Å². The van der Waals surface area contributed by atoms with Crippen molar-refractivity contribution in [3.63, 3.8) is 0 Å². The van der Waals surface area contributed by atoms with Crippen LogP contribution in [0.4, 0.5) is 5.82 Å². The van der Waals surface area contributed by atoms with Crippen LogP contribution < -0.4 is 5.32 Å². The molecular weight excluding hydrogens is 279 g/mol. The molecule has 58 valence electrons. The Morgan fingerprint density at radius 2 is 2.17 bits per heavy atom. The van der Waals surface area contributed by atoms with Crippen LogP contribution in [0.2, 0.25) is 0 Å². The van der Waals surface area contributed by atoms with Gasteiger partial charge in [-0.3, -0.25) is 0 Å². The predicted octanol–water partition coefficient (Wildman–Crippen LogP) is 0.0138. The average molecular weight is 286 g/mol. The number of anilines is 1. The van der Waals surface area contributed by atoms with Gasteiger partial charge in [-0.15, -0.1) is 0 Å². The first kappa shape index (κ1) is 10.0. The second-order valence-electron chi connectivity index (χ2n) is 2.07. The number of nitrogens with zero attached hydrogens (tertiary/aromatic N) is 3. The van der Waals surface area contributed by atoms with Crippen molar-refractivity contribution >= 4 is 65.9 Å². The number of hydrogen-bond donors (Lipinski definition) is 2. The quantitative estimate of drug-likeness (QED) is 0.725. The van der Waals surface area contributed by atoms with Crippen molar-refractivity contribution in [2.75, 3.05) is 12.4 Å². The van der Waals surface area contributed by atoms with E-state index in [2.05, 4.69) is 25.3 Å². The molecule has 0 saturated carbocycles. The van der Waals surface area contributed by atoms with E-state index in [1.165, 1.54) is 6.33 Å². The second kappa shape index (κ2) is 4.24. The molecule has 2 aromatic rings. The van der Waals surface area contributed by atoms with Gasteiger partial charge in [0.15, 0.2) is 11.5 Å². The van der Waals surface area contributed by atoms with Crippen LogP contribution in [-0.4, -0.2) is 75.9 Å². The van der Waals surface area contributed by atoms with Crippen LogP contribution in [0.5, 0.6) is 0 Å². The zero-order valence-corrected chi connectivity index (χ0v) is 11.1. The molecule has 0 aromatic carbocycles. The molecule has 0 saturated heterocycles. The van der Waals surface area contributed by atoms with Crippen LogP contribution in [0.15, 0.2) is 12.7 Å². The molecule has 0 amide bonds. The average Bonchev–Trinajstić information content (AvgIpc) is 2.50. The zero-order valence-electron chi connectivity index (χ0n) is 6.70. The van der Waals surface area contributed by atoms with Gasteiger partial charge in [0, 0.05) is 55.9 Å². The third kappa shape index (κ3) is 1.64. The van der Waals surface area contributed by atoms with E-state index in [-0.39, 0.29) is 48.9 Å². The van der Waals surface area contributed by atoms with Gasteiger partial charge in [-0.25, -0.2) is 15.0 Å². The van der Waals surface area contributed by atoms with Crippen molar-refractivity contribution in [2.24, 2.45) is 0 Å². The summed E-state index contributed by atoms with van der Waals surface area (Å²) >= 11 is 0. The number of nitrogens with one attached hydrogen (secondary N) is 2. The van der Waals surface area contributed by atoms with E-state index in [4.69, 9.17) is 0 Å². The topological polar surface area (TPSA) is 66.5 Å². The maximum atomic E-state index is 4.00. The third-order valence-electron chi connectivity index (χ3n) is 1.46. The monoisotopic (exact) mass is 287 g/mol. The summed E-state index contributed by atoms with van der Waals surface area (Å²) < 4.78 is 0. The Hall–Kier alpha value is -0.0786. The molecule has 0 unspecified atom stereocenters. The minimum atomic E-state index is 0. The van der Waals surface area contributed by atoms with Gasteiger partial charge in [0.05, 0.1) is 6.33 Å².